The molecule has 0 spiro atoms. The molecule has 1 aromatic rings. The first kappa shape index (κ1) is 22.3. The Bertz CT molecular complexity index is 1110. The van der Waals surface area contributed by atoms with E-state index in [0.717, 1.165) is 17.1 Å². The number of carbonyl (C=O) groups excluding carboxylic acids is 1. The summed E-state index contributed by atoms with van der Waals surface area (Å²) in [6, 6.07) is 5.47. The molecule has 31 heavy (non-hydrogen) atoms. The molecule has 0 unspecified atom stereocenters. The Labute approximate surface area is 184 Å². The third-order valence-electron chi connectivity index (χ3n) is 5.18. The lowest BCUT2D eigenvalue weighted by Crippen LogP contribution is -2.31. The molecule has 2 aliphatic rings. The maximum Gasteiger partial charge on any atom is 0.193 e. The zero-order chi connectivity index (χ0) is 23.1. The molecule has 160 valence electrons. The average Bonchev–Trinajstić information content (AvgIpc) is 2.69. The fourth-order valence-electron chi connectivity index (χ4n) is 3.21. The highest BCUT2D eigenvalue weighted by atomic mass is 16.5. The monoisotopic (exact) mass is 416 g/mol. The number of Topliss-reactive ketones (excluding diaryl/α,β-unsaturated/α-hetero) is 1. The number of pyridine rings is 1. The van der Waals surface area contributed by atoms with Gasteiger partial charge in [0.05, 0.1) is 5.57 Å². The van der Waals surface area contributed by atoms with Gasteiger partial charge in [-0.05, 0) is 23.8 Å². The van der Waals surface area contributed by atoms with E-state index < -0.39 is 11.5 Å². The highest BCUT2D eigenvalue weighted by Gasteiger charge is 2.32. The molecule has 0 fully saturated rings. The Hall–Kier alpha value is -3.39. The smallest absolute Gasteiger partial charge is 0.193 e. The minimum absolute atomic E-state index is 0.0460. The fraction of sp³-hybridized carbons (Fsp3) is 0.346. The van der Waals surface area contributed by atoms with Gasteiger partial charge < -0.3 is 9.84 Å². The van der Waals surface area contributed by atoms with Gasteiger partial charge in [-0.3, -0.25) is 4.79 Å². The van der Waals surface area contributed by atoms with Crippen molar-refractivity contribution >= 4 is 11.4 Å². The number of ether oxygens (including phenoxy) is 1. The number of ketones is 1. The Morgan fingerprint density at radius 2 is 1.58 bits per heavy atom. The molecule has 5 nitrogen and oxygen atoms in total. The first-order valence-electron chi connectivity index (χ1n) is 10.2. The molecule has 1 aliphatic heterocycles. The van der Waals surface area contributed by atoms with Crippen molar-refractivity contribution in [3.63, 3.8) is 0 Å². The maximum atomic E-state index is 12.9. The van der Waals surface area contributed by atoms with Gasteiger partial charge in [0.1, 0.15) is 24.6 Å². The lowest BCUT2D eigenvalue weighted by molar-refractivity contribution is -0.671. The summed E-state index contributed by atoms with van der Waals surface area (Å²) in [5.74, 6) is 0.753. The molecular formula is C26H28N2O3. The predicted octanol–water partition coefficient (Wildman–Crippen LogP) is 3.80. The van der Waals surface area contributed by atoms with E-state index in [2.05, 4.69) is 41.5 Å². The van der Waals surface area contributed by atoms with E-state index in [1.165, 1.54) is 0 Å². The molecule has 5 heteroatoms. The number of aromatic nitrogens is 1. The SMILES string of the molecule is C[n+]1ccc(C(C#N)=C2C(=O)C(C=C3C=C(C(C)(C)C)OC(C(C)(C)C)=C3)=C2[O-])cc1. The van der Waals surface area contributed by atoms with E-state index in [9.17, 15) is 15.2 Å². The summed E-state index contributed by atoms with van der Waals surface area (Å²) in [6.45, 7) is 12.3. The average molecular weight is 417 g/mol. The van der Waals surface area contributed by atoms with Gasteiger partial charge in [-0.25, -0.2) is 4.57 Å². The number of hydrogen-bond donors (Lipinski definition) is 0. The summed E-state index contributed by atoms with van der Waals surface area (Å²) in [5.41, 5.74) is 0.990. The number of hydrogen-bond acceptors (Lipinski definition) is 4. The lowest BCUT2D eigenvalue weighted by Gasteiger charge is -2.33. The second-order valence-corrected chi connectivity index (χ2v) is 9.95. The first-order valence-corrected chi connectivity index (χ1v) is 10.2. The van der Waals surface area contributed by atoms with Crippen molar-refractivity contribution in [1.29, 1.82) is 5.26 Å². The standard InChI is InChI=1S/C26H28N2O3/c1-25(2,3)20-13-16(14-21(31-20)26(4,5)6)12-18-23(29)22(24(18)30)19(15-27)17-8-10-28(7)11-9-17/h8-14H,1-7H3. The van der Waals surface area contributed by atoms with Crippen molar-refractivity contribution in [2.75, 3.05) is 0 Å². The molecule has 0 bridgehead atoms. The van der Waals surface area contributed by atoms with Crippen LogP contribution in [0.25, 0.3) is 5.57 Å². The first-order chi connectivity index (χ1) is 14.3. The Balaban J connectivity index is 2.09. The van der Waals surface area contributed by atoms with Crippen molar-refractivity contribution in [3.05, 3.63) is 82.3 Å². The summed E-state index contributed by atoms with van der Waals surface area (Å²) < 4.78 is 7.94. The second kappa shape index (κ2) is 7.70. The third-order valence-corrected chi connectivity index (χ3v) is 5.18. The fourth-order valence-corrected chi connectivity index (χ4v) is 3.21. The van der Waals surface area contributed by atoms with Crippen LogP contribution >= 0.6 is 0 Å². The molecular weight excluding hydrogens is 388 g/mol. The predicted molar refractivity (Wildman–Crippen MR) is 116 cm³/mol. The van der Waals surface area contributed by atoms with Crippen LogP contribution in [0.2, 0.25) is 0 Å². The van der Waals surface area contributed by atoms with Crippen LogP contribution in [0.4, 0.5) is 0 Å². The summed E-state index contributed by atoms with van der Waals surface area (Å²) in [4.78, 5) is 12.9. The van der Waals surface area contributed by atoms with E-state index >= 15 is 0 Å². The molecule has 2 heterocycles. The molecule has 0 N–H and O–H groups in total. The van der Waals surface area contributed by atoms with Crippen molar-refractivity contribution in [2.45, 2.75) is 41.5 Å². The normalized spacial score (nSPS) is 18.5. The molecule has 1 aromatic heterocycles. The lowest BCUT2D eigenvalue weighted by atomic mass is 9.81. The van der Waals surface area contributed by atoms with Crippen LogP contribution in [-0.4, -0.2) is 5.78 Å². The molecule has 0 atom stereocenters. The molecule has 0 saturated carbocycles. The van der Waals surface area contributed by atoms with E-state index in [1.807, 2.05) is 29.8 Å². The molecule has 0 aromatic carbocycles. The van der Waals surface area contributed by atoms with E-state index in [-0.39, 0.29) is 27.5 Å². The van der Waals surface area contributed by atoms with Gasteiger partial charge in [-0.1, -0.05) is 47.3 Å². The minimum Gasteiger partial charge on any atom is -0.871 e. The van der Waals surface area contributed by atoms with E-state index in [0.29, 0.717) is 5.56 Å². The molecule has 1 aliphatic carbocycles. The quantitative estimate of drug-likeness (QED) is 0.417. The highest BCUT2D eigenvalue weighted by Crippen LogP contribution is 2.40. The van der Waals surface area contributed by atoms with Crippen LogP contribution in [0.5, 0.6) is 0 Å². The van der Waals surface area contributed by atoms with Crippen LogP contribution in [0.15, 0.2) is 76.8 Å². The number of nitrogens with zero attached hydrogens (tertiary/aromatic N) is 2. The van der Waals surface area contributed by atoms with Crippen LogP contribution in [-0.2, 0) is 16.6 Å². The number of rotatable bonds is 2. The Morgan fingerprint density at radius 1 is 1.06 bits per heavy atom. The molecule has 0 saturated heterocycles. The van der Waals surface area contributed by atoms with Gasteiger partial charge in [0, 0.05) is 39.7 Å². The van der Waals surface area contributed by atoms with Gasteiger partial charge in [0.15, 0.2) is 18.2 Å². The van der Waals surface area contributed by atoms with Gasteiger partial charge in [0.25, 0.3) is 0 Å². The van der Waals surface area contributed by atoms with Gasteiger partial charge in [-0.15, -0.1) is 0 Å². The van der Waals surface area contributed by atoms with Crippen LogP contribution in [0, 0.1) is 22.2 Å². The van der Waals surface area contributed by atoms with Crippen LogP contribution < -0.4 is 9.67 Å². The van der Waals surface area contributed by atoms with Crippen molar-refractivity contribution in [2.24, 2.45) is 17.9 Å². The van der Waals surface area contributed by atoms with Crippen LogP contribution in [0.1, 0.15) is 47.1 Å². The van der Waals surface area contributed by atoms with E-state index in [4.69, 9.17) is 4.74 Å². The number of allylic oxidation sites excluding steroid dienone is 9. The largest absolute Gasteiger partial charge is 0.871 e. The van der Waals surface area contributed by atoms with Gasteiger partial charge >= 0.3 is 0 Å². The second-order valence-electron chi connectivity index (χ2n) is 9.95. The van der Waals surface area contributed by atoms with Crippen molar-refractivity contribution in [3.8, 4) is 6.07 Å². The zero-order valence-electron chi connectivity index (χ0n) is 19.2. The Morgan fingerprint density at radius 3 is 2.00 bits per heavy atom. The number of carbonyl (C=O) groups is 1. The number of aryl methyl sites for hydroxylation is 1. The number of nitriles is 1. The van der Waals surface area contributed by atoms with Crippen molar-refractivity contribution < 1.29 is 19.2 Å². The van der Waals surface area contributed by atoms with E-state index in [1.54, 1.807) is 30.6 Å². The molecule has 0 amide bonds. The van der Waals surface area contributed by atoms with Crippen molar-refractivity contribution in [1.82, 2.24) is 0 Å². The summed E-state index contributed by atoms with van der Waals surface area (Å²) >= 11 is 0. The minimum atomic E-state index is -0.398. The zero-order valence-corrected chi connectivity index (χ0v) is 19.2. The topological polar surface area (TPSA) is 77.0 Å². The summed E-state index contributed by atoms with van der Waals surface area (Å²) in [6.07, 6.45) is 8.88. The highest BCUT2D eigenvalue weighted by molar-refractivity contribution is 6.25. The maximum absolute atomic E-state index is 12.9. The van der Waals surface area contributed by atoms with Gasteiger partial charge in [-0.2, -0.15) is 5.26 Å². The molecule has 3 rings (SSSR count). The Kier molecular flexibility index (Phi) is 5.54. The van der Waals surface area contributed by atoms with Gasteiger partial charge in [0.2, 0.25) is 0 Å². The summed E-state index contributed by atoms with van der Waals surface area (Å²) in [5, 5.41) is 22.5. The third kappa shape index (κ3) is 4.39. The molecule has 0 radical (unpaired) electrons. The van der Waals surface area contributed by atoms with Crippen LogP contribution in [0.3, 0.4) is 0 Å². The summed E-state index contributed by atoms with van der Waals surface area (Å²) in [7, 11) is 1.85.